The molecule has 0 aromatic heterocycles. The summed E-state index contributed by atoms with van der Waals surface area (Å²) in [6.07, 6.45) is -2.80. The van der Waals surface area contributed by atoms with Gasteiger partial charge in [0, 0.05) is 23.4 Å². The molecule has 0 N–H and O–H groups in total. The lowest BCUT2D eigenvalue weighted by Crippen LogP contribution is -2.36. The SMILES string of the molecule is C=C1CCC(C(=O)OCC)C(OC(C)=O)C1.FC(F)(F)c1cc(Cl)cc(Cl)c1. The average Bonchev–Trinajstić information content (AvgIpc) is 2.53. The lowest BCUT2D eigenvalue weighted by atomic mass is 9.84. The zero-order chi connectivity index (χ0) is 21.5. The maximum Gasteiger partial charge on any atom is 0.416 e. The molecule has 1 aromatic carbocycles. The van der Waals surface area contributed by atoms with Crippen LogP contribution in [0.25, 0.3) is 0 Å². The Morgan fingerprint density at radius 1 is 1.21 bits per heavy atom. The van der Waals surface area contributed by atoms with E-state index in [9.17, 15) is 22.8 Å². The van der Waals surface area contributed by atoms with Gasteiger partial charge in [0.1, 0.15) is 6.10 Å². The summed E-state index contributed by atoms with van der Waals surface area (Å²) in [7, 11) is 0. The van der Waals surface area contributed by atoms with Gasteiger partial charge < -0.3 is 9.47 Å². The van der Waals surface area contributed by atoms with Crippen LogP contribution in [-0.2, 0) is 25.2 Å². The van der Waals surface area contributed by atoms with Gasteiger partial charge in [-0.15, -0.1) is 0 Å². The topological polar surface area (TPSA) is 52.6 Å². The van der Waals surface area contributed by atoms with Gasteiger partial charge in [0.15, 0.2) is 0 Å². The van der Waals surface area contributed by atoms with Crippen molar-refractivity contribution in [1.82, 2.24) is 0 Å². The summed E-state index contributed by atoms with van der Waals surface area (Å²) in [6, 6.07) is 2.90. The first-order chi connectivity index (χ1) is 12.9. The van der Waals surface area contributed by atoms with Crippen LogP contribution in [0.2, 0.25) is 10.0 Å². The molecule has 1 saturated carbocycles. The molecule has 2 rings (SSSR count). The Morgan fingerprint density at radius 3 is 2.25 bits per heavy atom. The quantitative estimate of drug-likeness (QED) is 0.436. The summed E-state index contributed by atoms with van der Waals surface area (Å²) >= 11 is 10.7. The van der Waals surface area contributed by atoms with E-state index in [1.807, 2.05) is 0 Å². The van der Waals surface area contributed by atoms with Crippen LogP contribution < -0.4 is 0 Å². The molecule has 1 aromatic rings. The third-order valence-electron chi connectivity index (χ3n) is 3.84. The number of benzene rings is 1. The van der Waals surface area contributed by atoms with E-state index < -0.39 is 17.8 Å². The van der Waals surface area contributed by atoms with Gasteiger partial charge in [-0.3, -0.25) is 9.59 Å². The van der Waals surface area contributed by atoms with Gasteiger partial charge >= 0.3 is 18.1 Å². The molecule has 1 aliphatic carbocycles. The summed E-state index contributed by atoms with van der Waals surface area (Å²) in [5.74, 6) is -0.982. The Bertz CT molecular complexity index is 697. The number of ether oxygens (including phenoxy) is 2. The van der Waals surface area contributed by atoms with E-state index in [2.05, 4.69) is 6.58 Å². The van der Waals surface area contributed by atoms with Crippen molar-refractivity contribution in [3.05, 3.63) is 46.0 Å². The van der Waals surface area contributed by atoms with Gasteiger partial charge in [-0.05, 0) is 38.0 Å². The van der Waals surface area contributed by atoms with E-state index in [-0.39, 0.29) is 27.9 Å². The number of carbonyl (C=O) groups is 2. The molecule has 0 radical (unpaired) electrons. The van der Waals surface area contributed by atoms with Gasteiger partial charge in [-0.1, -0.05) is 35.4 Å². The summed E-state index contributed by atoms with van der Waals surface area (Å²) < 4.78 is 46.2. The molecule has 28 heavy (non-hydrogen) atoms. The predicted octanol–water partition coefficient (Wildman–Crippen LogP) is 5.85. The van der Waals surface area contributed by atoms with E-state index in [4.69, 9.17) is 32.7 Å². The first-order valence-corrected chi connectivity index (χ1v) is 9.23. The molecule has 9 heteroatoms. The highest BCUT2D eigenvalue weighted by atomic mass is 35.5. The van der Waals surface area contributed by atoms with Crippen molar-refractivity contribution in [2.75, 3.05) is 6.61 Å². The highest BCUT2D eigenvalue weighted by Crippen LogP contribution is 2.33. The van der Waals surface area contributed by atoms with Crippen molar-refractivity contribution < 1.29 is 32.2 Å². The molecule has 0 heterocycles. The normalized spacial score (nSPS) is 19.3. The summed E-state index contributed by atoms with van der Waals surface area (Å²) in [4.78, 5) is 22.6. The van der Waals surface area contributed by atoms with Crippen LogP contribution in [-0.4, -0.2) is 24.6 Å². The minimum atomic E-state index is -4.39. The van der Waals surface area contributed by atoms with E-state index in [1.54, 1.807) is 6.92 Å². The van der Waals surface area contributed by atoms with Crippen LogP contribution in [0.1, 0.15) is 38.7 Å². The van der Waals surface area contributed by atoms with Crippen molar-refractivity contribution in [2.24, 2.45) is 5.92 Å². The van der Waals surface area contributed by atoms with Crippen molar-refractivity contribution in [3.8, 4) is 0 Å². The van der Waals surface area contributed by atoms with Crippen molar-refractivity contribution in [3.63, 3.8) is 0 Å². The molecule has 0 aliphatic heterocycles. The molecule has 1 aliphatic rings. The third-order valence-corrected chi connectivity index (χ3v) is 4.28. The van der Waals surface area contributed by atoms with Crippen molar-refractivity contribution in [1.29, 1.82) is 0 Å². The van der Waals surface area contributed by atoms with Crippen LogP contribution in [0.15, 0.2) is 30.4 Å². The molecular formula is C19H21Cl2F3O4. The van der Waals surface area contributed by atoms with E-state index in [0.717, 1.165) is 24.1 Å². The molecule has 2 unspecified atom stereocenters. The number of hydrogen-bond acceptors (Lipinski definition) is 4. The summed E-state index contributed by atoms with van der Waals surface area (Å²) in [6.45, 7) is 7.33. The highest BCUT2D eigenvalue weighted by molar-refractivity contribution is 6.34. The Morgan fingerprint density at radius 2 is 1.79 bits per heavy atom. The zero-order valence-electron chi connectivity index (χ0n) is 15.4. The van der Waals surface area contributed by atoms with Gasteiger partial charge in [0.2, 0.25) is 0 Å². The molecule has 0 saturated heterocycles. The zero-order valence-corrected chi connectivity index (χ0v) is 17.0. The molecule has 0 spiro atoms. The summed E-state index contributed by atoms with van der Waals surface area (Å²) in [5, 5.41) is -0.0374. The Labute approximate surface area is 171 Å². The summed E-state index contributed by atoms with van der Waals surface area (Å²) in [5.41, 5.74) is 0.187. The molecule has 4 nitrogen and oxygen atoms in total. The maximum atomic E-state index is 12.0. The first-order valence-electron chi connectivity index (χ1n) is 8.47. The van der Waals surface area contributed by atoms with E-state index >= 15 is 0 Å². The van der Waals surface area contributed by atoms with Crippen LogP contribution in [0.4, 0.5) is 13.2 Å². The maximum absolute atomic E-state index is 12.0. The van der Waals surface area contributed by atoms with Gasteiger partial charge in [-0.25, -0.2) is 0 Å². The number of rotatable bonds is 3. The second kappa shape index (κ2) is 10.7. The van der Waals surface area contributed by atoms with Crippen LogP contribution >= 0.6 is 23.2 Å². The number of hydrogen-bond donors (Lipinski definition) is 0. The fourth-order valence-electron chi connectivity index (χ4n) is 2.65. The third kappa shape index (κ3) is 8.10. The number of esters is 2. The monoisotopic (exact) mass is 440 g/mol. The van der Waals surface area contributed by atoms with Gasteiger partial charge in [0.25, 0.3) is 0 Å². The second-order valence-electron chi connectivity index (χ2n) is 6.16. The van der Waals surface area contributed by atoms with Crippen LogP contribution in [0.5, 0.6) is 0 Å². The molecular weight excluding hydrogens is 420 g/mol. The Hall–Kier alpha value is -1.73. The smallest absolute Gasteiger partial charge is 0.416 e. The fraction of sp³-hybridized carbons (Fsp3) is 0.474. The van der Waals surface area contributed by atoms with Gasteiger partial charge in [-0.2, -0.15) is 13.2 Å². The van der Waals surface area contributed by atoms with Crippen LogP contribution in [0.3, 0.4) is 0 Å². The predicted molar refractivity (Wildman–Crippen MR) is 100 cm³/mol. The van der Waals surface area contributed by atoms with Gasteiger partial charge in [0.05, 0.1) is 18.1 Å². The molecule has 2 atom stereocenters. The molecule has 0 amide bonds. The molecule has 1 fully saturated rings. The largest absolute Gasteiger partial charge is 0.466 e. The Balaban J connectivity index is 0.000000292. The number of halogens is 5. The number of carbonyl (C=O) groups excluding carboxylic acids is 2. The average molecular weight is 441 g/mol. The van der Waals surface area contributed by atoms with Crippen LogP contribution in [0, 0.1) is 5.92 Å². The minimum absolute atomic E-state index is 0.0187. The molecule has 0 bridgehead atoms. The minimum Gasteiger partial charge on any atom is -0.466 e. The lowest BCUT2D eigenvalue weighted by Gasteiger charge is -2.30. The first kappa shape index (κ1) is 24.3. The standard InChI is InChI=1S/C12H18O4.C7H3Cl2F3/c1-4-15-12(14)10-6-5-8(2)7-11(10)16-9(3)13;8-5-1-4(7(10,11)12)2-6(9)3-5/h10-11H,2,4-7H2,1,3H3;1-3H. The highest BCUT2D eigenvalue weighted by Gasteiger charge is 2.35. The Kier molecular flexibility index (Phi) is 9.30. The fourth-order valence-corrected chi connectivity index (χ4v) is 3.17. The van der Waals surface area contributed by atoms with E-state index in [0.29, 0.717) is 19.4 Å². The second-order valence-corrected chi connectivity index (χ2v) is 7.03. The van der Waals surface area contributed by atoms with E-state index in [1.165, 1.54) is 13.0 Å². The number of alkyl halides is 3. The van der Waals surface area contributed by atoms with Crippen molar-refractivity contribution in [2.45, 2.75) is 45.4 Å². The lowest BCUT2D eigenvalue weighted by molar-refractivity contribution is -0.161. The van der Waals surface area contributed by atoms with Crippen molar-refractivity contribution >= 4 is 35.1 Å². The molecule has 156 valence electrons.